The lowest BCUT2D eigenvalue weighted by Gasteiger charge is -1.75. The van der Waals surface area contributed by atoms with E-state index in [1.54, 1.807) is 0 Å². The van der Waals surface area contributed by atoms with Gasteiger partial charge in [-0.05, 0) is 0 Å². The van der Waals surface area contributed by atoms with Gasteiger partial charge in [0.2, 0.25) is 0 Å². The minimum atomic E-state index is -0.139. The van der Waals surface area contributed by atoms with Gasteiger partial charge in [0, 0.05) is 8.80 Å². The Kier molecular flexibility index (Phi) is 14.0. The van der Waals surface area contributed by atoms with Crippen molar-refractivity contribution in [3.8, 4) is 0 Å². The molecule has 0 spiro atoms. The Balaban J connectivity index is 0. The lowest BCUT2D eigenvalue weighted by Crippen LogP contribution is -1.85. The summed E-state index contributed by atoms with van der Waals surface area (Å²) in [5, 5.41) is 15.2. The summed E-state index contributed by atoms with van der Waals surface area (Å²) < 4.78 is 0. The van der Waals surface area contributed by atoms with Gasteiger partial charge in [-0.1, -0.05) is 19.6 Å². The first kappa shape index (κ1) is 11.0. The Labute approximate surface area is 52.8 Å². The van der Waals surface area contributed by atoms with Crippen LogP contribution in [0.15, 0.2) is 0 Å². The monoisotopic (exact) mass is 136 g/mol. The van der Waals surface area contributed by atoms with E-state index in [1.807, 2.05) is 0 Å². The first-order chi connectivity index (χ1) is 3.65. The Morgan fingerprint density at radius 3 is 1.12 bits per heavy atom. The molecule has 0 heterocycles. The first-order valence-corrected chi connectivity index (χ1v) is 6.33. The maximum absolute atomic E-state index is 7.62. The van der Waals surface area contributed by atoms with Crippen LogP contribution in [0.3, 0.4) is 0 Å². The SMILES string of the molecule is C[SiH](C)C.OCCO. The van der Waals surface area contributed by atoms with Crippen molar-refractivity contribution in [1.29, 1.82) is 0 Å². The molecule has 2 N–H and O–H groups in total. The second-order valence-corrected chi connectivity index (χ2v) is 5.64. The average molecular weight is 136 g/mol. The van der Waals surface area contributed by atoms with Gasteiger partial charge in [0.25, 0.3) is 0 Å². The van der Waals surface area contributed by atoms with E-state index in [0.717, 1.165) is 0 Å². The van der Waals surface area contributed by atoms with Gasteiger partial charge in [0.05, 0.1) is 13.2 Å². The van der Waals surface area contributed by atoms with Crippen molar-refractivity contribution in [3.05, 3.63) is 0 Å². The van der Waals surface area contributed by atoms with Gasteiger partial charge in [-0.15, -0.1) is 0 Å². The molecule has 0 aromatic heterocycles. The zero-order valence-electron chi connectivity index (χ0n) is 5.89. The highest BCUT2D eigenvalue weighted by atomic mass is 28.3. The molecule has 0 saturated heterocycles. The van der Waals surface area contributed by atoms with Crippen LogP contribution < -0.4 is 0 Å². The molecule has 0 aromatic carbocycles. The molecule has 0 aliphatic rings. The fourth-order valence-electron chi connectivity index (χ4n) is 0. The molecule has 8 heavy (non-hydrogen) atoms. The van der Waals surface area contributed by atoms with Crippen LogP contribution in [0.1, 0.15) is 0 Å². The lowest BCUT2D eigenvalue weighted by molar-refractivity contribution is 0.186. The second-order valence-electron chi connectivity index (χ2n) is 2.18. The number of aliphatic hydroxyl groups excluding tert-OH is 2. The van der Waals surface area contributed by atoms with Crippen LogP contribution in [-0.2, 0) is 0 Å². The highest BCUT2D eigenvalue weighted by molar-refractivity contribution is 6.54. The molecule has 0 aromatic rings. The summed E-state index contributed by atoms with van der Waals surface area (Å²) in [5.74, 6) is 0. The van der Waals surface area contributed by atoms with Gasteiger partial charge >= 0.3 is 0 Å². The van der Waals surface area contributed by atoms with Gasteiger partial charge in [-0.3, -0.25) is 0 Å². The molecule has 52 valence electrons. The number of hydrogen-bond donors (Lipinski definition) is 2. The molecule has 0 amide bonds. The predicted octanol–water partition coefficient (Wildman–Crippen LogP) is 0.0739. The molecular formula is C5H16O2Si. The Bertz CT molecular complexity index is 26.9. The van der Waals surface area contributed by atoms with Crippen LogP contribution in [0.2, 0.25) is 19.6 Å². The second kappa shape index (κ2) is 10.2. The maximum atomic E-state index is 7.62. The van der Waals surface area contributed by atoms with E-state index in [4.69, 9.17) is 10.2 Å². The van der Waals surface area contributed by atoms with Crippen LogP contribution in [-0.4, -0.2) is 32.2 Å². The first-order valence-electron chi connectivity index (χ1n) is 2.86. The van der Waals surface area contributed by atoms with Crippen molar-refractivity contribution in [1.82, 2.24) is 0 Å². The quantitative estimate of drug-likeness (QED) is 0.501. The predicted molar refractivity (Wildman–Crippen MR) is 38.9 cm³/mol. The molecule has 0 unspecified atom stereocenters. The number of rotatable bonds is 1. The molecule has 0 fully saturated rings. The van der Waals surface area contributed by atoms with E-state index in [0.29, 0.717) is 0 Å². The van der Waals surface area contributed by atoms with Gasteiger partial charge in [0.1, 0.15) is 0 Å². The lowest BCUT2D eigenvalue weighted by atomic mass is 10.8. The standard InChI is InChI=1S/C3H10Si.C2H6O2/c1-4(2)3;3-1-2-4/h4H,1-3H3;3-4H,1-2H2. The van der Waals surface area contributed by atoms with Gasteiger partial charge in [-0.25, -0.2) is 0 Å². The van der Waals surface area contributed by atoms with Crippen molar-refractivity contribution in [3.63, 3.8) is 0 Å². The molecular weight excluding hydrogens is 120 g/mol. The summed E-state index contributed by atoms with van der Waals surface area (Å²) in [6, 6.07) is 0. The van der Waals surface area contributed by atoms with Crippen LogP contribution >= 0.6 is 0 Å². The summed E-state index contributed by atoms with van der Waals surface area (Å²) >= 11 is 0. The molecule has 0 atom stereocenters. The fraction of sp³-hybridized carbons (Fsp3) is 1.00. The largest absolute Gasteiger partial charge is 0.394 e. The molecule has 0 aliphatic heterocycles. The molecule has 0 bridgehead atoms. The molecule has 0 saturated carbocycles. The molecule has 3 heteroatoms. The van der Waals surface area contributed by atoms with E-state index in [9.17, 15) is 0 Å². The van der Waals surface area contributed by atoms with E-state index < -0.39 is 0 Å². The number of aliphatic hydroxyl groups is 2. The molecule has 0 rings (SSSR count). The molecule has 0 aliphatic carbocycles. The van der Waals surface area contributed by atoms with Crippen LogP contribution in [0.5, 0.6) is 0 Å². The minimum absolute atomic E-state index is 0.125. The Morgan fingerprint density at radius 2 is 1.12 bits per heavy atom. The topological polar surface area (TPSA) is 40.5 Å². The van der Waals surface area contributed by atoms with Crippen LogP contribution in [0.4, 0.5) is 0 Å². The Morgan fingerprint density at radius 1 is 1.00 bits per heavy atom. The highest BCUT2D eigenvalue weighted by Gasteiger charge is 1.71. The highest BCUT2D eigenvalue weighted by Crippen LogP contribution is 1.68. The van der Waals surface area contributed by atoms with E-state index in [-0.39, 0.29) is 22.0 Å². The Hall–Kier alpha value is 0.137. The van der Waals surface area contributed by atoms with Gasteiger partial charge < -0.3 is 10.2 Å². The van der Waals surface area contributed by atoms with Crippen LogP contribution in [0, 0.1) is 0 Å². The van der Waals surface area contributed by atoms with Crippen molar-refractivity contribution >= 4 is 8.80 Å². The third kappa shape index (κ3) is 125. The van der Waals surface area contributed by atoms with Crippen molar-refractivity contribution in [2.75, 3.05) is 13.2 Å². The third-order valence-corrected chi connectivity index (χ3v) is 0.1000. The zero-order chi connectivity index (χ0) is 6.99. The van der Waals surface area contributed by atoms with Crippen LogP contribution in [0.25, 0.3) is 0 Å². The molecule has 0 radical (unpaired) electrons. The zero-order valence-corrected chi connectivity index (χ0v) is 7.04. The van der Waals surface area contributed by atoms with Gasteiger partial charge in [0.15, 0.2) is 0 Å². The van der Waals surface area contributed by atoms with Gasteiger partial charge in [-0.2, -0.15) is 0 Å². The fourth-order valence-corrected chi connectivity index (χ4v) is 0. The normalized spacial score (nSPS) is 8.25. The summed E-state index contributed by atoms with van der Waals surface area (Å²) in [7, 11) is -0.139. The summed E-state index contributed by atoms with van der Waals surface area (Å²) in [5.41, 5.74) is 0. The maximum Gasteiger partial charge on any atom is 0.0662 e. The van der Waals surface area contributed by atoms with Crippen molar-refractivity contribution in [2.45, 2.75) is 19.6 Å². The number of hydrogen-bond acceptors (Lipinski definition) is 2. The minimum Gasteiger partial charge on any atom is -0.394 e. The van der Waals surface area contributed by atoms with E-state index in [2.05, 4.69) is 19.6 Å². The third-order valence-electron chi connectivity index (χ3n) is 0.1000. The summed E-state index contributed by atoms with van der Waals surface area (Å²) in [6.07, 6.45) is 0. The smallest absolute Gasteiger partial charge is 0.0662 e. The summed E-state index contributed by atoms with van der Waals surface area (Å²) in [4.78, 5) is 0. The molecule has 2 nitrogen and oxygen atoms in total. The van der Waals surface area contributed by atoms with Crippen molar-refractivity contribution < 1.29 is 10.2 Å². The van der Waals surface area contributed by atoms with Crippen molar-refractivity contribution in [2.24, 2.45) is 0 Å². The van der Waals surface area contributed by atoms with E-state index in [1.165, 1.54) is 0 Å². The van der Waals surface area contributed by atoms with E-state index >= 15 is 0 Å². The average Bonchev–Trinajstić information content (AvgIpc) is 1.65. The summed E-state index contributed by atoms with van der Waals surface area (Å²) in [6.45, 7) is 6.67.